The van der Waals surface area contributed by atoms with Gasteiger partial charge in [-0.1, -0.05) is 12.1 Å². The summed E-state index contributed by atoms with van der Waals surface area (Å²) in [5.74, 6) is -1.17. The van der Waals surface area contributed by atoms with E-state index < -0.39 is 32.2 Å². The molecule has 0 amide bonds. The number of nitrogens with zero attached hydrogens (tertiary/aromatic N) is 1. The molecule has 1 aliphatic rings. The lowest BCUT2D eigenvalue weighted by molar-refractivity contribution is -0.110. The third-order valence-corrected chi connectivity index (χ3v) is 4.84. The number of nitriles is 1. The summed E-state index contributed by atoms with van der Waals surface area (Å²) in [6.07, 6.45) is 1.38. The van der Waals surface area contributed by atoms with Gasteiger partial charge in [0.2, 0.25) is 0 Å². The maximum absolute atomic E-state index is 12.8. The molecule has 2 rings (SSSR count). The summed E-state index contributed by atoms with van der Waals surface area (Å²) in [6.45, 7) is 0. The number of benzene rings is 1. The van der Waals surface area contributed by atoms with Gasteiger partial charge in [0.1, 0.15) is 17.5 Å². The van der Waals surface area contributed by atoms with Crippen molar-refractivity contribution in [3.63, 3.8) is 0 Å². The monoisotopic (exact) mass is 267 g/mol. The van der Waals surface area contributed by atoms with Crippen LogP contribution in [0.4, 0.5) is 4.39 Å². The van der Waals surface area contributed by atoms with Crippen molar-refractivity contribution in [2.45, 2.75) is 11.2 Å². The summed E-state index contributed by atoms with van der Waals surface area (Å²) in [6, 6.07) is 6.95. The van der Waals surface area contributed by atoms with E-state index in [2.05, 4.69) is 0 Å². The second-order valence-corrected chi connectivity index (χ2v) is 6.61. The molecule has 0 aromatic heterocycles. The van der Waals surface area contributed by atoms with E-state index in [9.17, 15) is 17.6 Å². The van der Waals surface area contributed by atoms with Gasteiger partial charge in [-0.3, -0.25) is 0 Å². The standard InChI is InChI=1S/C12H10FNO3S/c1-18(16,17)11-10(12(11,6-14)7-15)8-2-4-9(13)5-3-8/h2-5,7,10-11H,1H3/t10-,11+,12+/m1/s1. The van der Waals surface area contributed by atoms with Crippen LogP contribution in [0.3, 0.4) is 0 Å². The molecule has 0 radical (unpaired) electrons. The second-order valence-electron chi connectivity index (χ2n) is 4.44. The number of sulfone groups is 1. The molecular formula is C12H10FNO3S. The number of hydrogen-bond acceptors (Lipinski definition) is 4. The summed E-state index contributed by atoms with van der Waals surface area (Å²) in [5.41, 5.74) is -1.05. The Balaban J connectivity index is 2.49. The Labute approximate surface area is 104 Å². The minimum atomic E-state index is -3.52. The smallest absolute Gasteiger partial charge is 0.153 e. The van der Waals surface area contributed by atoms with E-state index in [1.54, 1.807) is 6.07 Å². The summed E-state index contributed by atoms with van der Waals surface area (Å²) >= 11 is 0. The molecule has 0 bridgehead atoms. The van der Waals surface area contributed by atoms with Crippen LogP contribution in [0.1, 0.15) is 11.5 Å². The molecule has 0 N–H and O–H groups in total. The molecule has 1 aromatic carbocycles. The van der Waals surface area contributed by atoms with Gasteiger partial charge < -0.3 is 4.79 Å². The number of hydrogen-bond donors (Lipinski definition) is 0. The molecule has 94 valence electrons. The second kappa shape index (κ2) is 3.89. The SMILES string of the molecule is CS(=O)(=O)[C@H]1[C@@H](c2ccc(F)cc2)[C@]1(C#N)C=O. The lowest BCUT2D eigenvalue weighted by atomic mass is 10.0. The topological polar surface area (TPSA) is 75.0 Å². The fraction of sp³-hybridized carbons (Fsp3) is 0.333. The van der Waals surface area contributed by atoms with E-state index in [1.165, 1.54) is 24.3 Å². The molecule has 18 heavy (non-hydrogen) atoms. The maximum Gasteiger partial charge on any atom is 0.153 e. The molecule has 1 saturated carbocycles. The highest BCUT2D eigenvalue weighted by atomic mass is 32.2. The zero-order valence-corrected chi connectivity index (χ0v) is 10.3. The Hall–Kier alpha value is -1.74. The molecule has 0 spiro atoms. The quantitative estimate of drug-likeness (QED) is 0.767. The van der Waals surface area contributed by atoms with Crippen molar-refractivity contribution in [3.8, 4) is 6.07 Å². The van der Waals surface area contributed by atoms with E-state index in [-0.39, 0.29) is 0 Å². The van der Waals surface area contributed by atoms with Gasteiger partial charge in [0.15, 0.2) is 9.84 Å². The lowest BCUT2D eigenvalue weighted by Gasteiger charge is -1.99. The van der Waals surface area contributed by atoms with E-state index in [4.69, 9.17) is 5.26 Å². The summed E-state index contributed by atoms with van der Waals surface area (Å²) in [4.78, 5) is 11.1. The van der Waals surface area contributed by atoms with Crippen molar-refractivity contribution in [1.29, 1.82) is 5.26 Å². The largest absolute Gasteiger partial charge is 0.302 e. The minimum Gasteiger partial charge on any atom is -0.302 e. The van der Waals surface area contributed by atoms with Gasteiger partial charge in [-0.25, -0.2) is 12.8 Å². The average molecular weight is 267 g/mol. The van der Waals surface area contributed by atoms with Gasteiger partial charge in [-0.15, -0.1) is 0 Å². The summed E-state index contributed by atoms with van der Waals surface area (Å²) in [7, 11) is -3.52. The Morgan fingerprint density at radius 1 is 1.39 bits per heavy atom. The molecule has 4 nitrogen and oxygen atoms in total. The minimum absolute atomic E-state index is 0.382. The Bertz CT molecular complexity index is 632. The highest BCUT2D eigenvalue weighted by Crippen LogP contribution is 2.61. The van der Waals surface area contributed by atoms with Crippen LogP contribution < -0.4 is 0 Å². The Morgan fingerprint density at radius 3 is 2.28 bits per heavy atom. The molecule has 1 fully saturated rings. The first-order chi connectivity index (χ1) is 8.36. The zero-order valence-electron chi connectivity index (χ0n) is 9.50. The van der Waals surface area contributed by atoms with Crippen LogP contribution in [0.2, 0.25) is 0 Å². The molecular weight excluding hydrogens is 257 g/mol. The van der Waals surface area contributed by atoms with Gasteiger partial charge in [-0.2, -0.15) is 5.26 Å². The highest BCUT2D eigenvalue weighted by Gasteiger charge is 2.71. The number of aldehydes is 1. The van der Waals surface area contributed by atoms with Crippen molar-refractivity contribution in [2.75, 3.05) is 6.26 Å². The van der Waals surface area contributed by atoms with Gasteiger partial charge in [0, 0.05) is 12.2 Å². The van der Waals surface area contributed by atoms with Crippen LogP contribution in [-0.4, -0.2) is 26.2 Å². The zero-order chi connectivity index (χ0) is 13.6. The normalized spacial score (nSPS) is 30.5. The molecule has 1 aliphatic carbocycles. The van der Waals surface area contributed by atoms with Gasteiger partial charge in [0.25, 0.3) is 0 Å². The highest BCUT2D eigenvalue weighted by molar-refractivity contribution is 7.91. The van der Waals surface area contributed by atoms with Crippen LogP contribution in [0.15, 0.2) is 24.3 Å². The first kappa shape index (κ1) is 12.7. The van der Waals surface area contributed by atoms with Crippen LogP contribution in [0.5, 0.6) is 0 Å². The first-order valence-corrected chi connectivity index (χ1v) is 7.14. The summed E-state index contributed by atoms with van der Waals surface area (Å²) < 4.78 is 36.0. The average Bonchev–Trinajstić information content (AvgIpc) is 3.00. The predicted octanol–water partition coefficient (Wildman–Crippen LogP) is 1.04. The van der Waals surface area contributed by atoms with Gasteiger partial charge >= 0.3 is 0 Å². The van der Waals surface area contributed by atoms with E-state index in [0.717, 1.165) is 6.26 Å². The molecule has 6 heteroatoms. The number of carbonyl (C=O) groups is 1. The van der Waals surface area contributed by atoms with Gasteiger partial charge in [-0.05, 0) is 17.7 Å². The van der Waals surface area contributed by atoms with Crippen LogP contribution in [-0.2, 0) is 14.6 Å². The fourth-order valence-corrected chi connectivity index (χ4v) is 4.16. The first-order valence-electron chi connectivity index (χ1n) is 5.18. The van der Waals surface area contributed by atoms with E-state index in [0.29, 0.717) is 11.8 Å². The van der Waals surface area contributed by atoms with E-state index >= 15 is 0 Å². The fourth-order valence-electron chi connectivity index (χ4n) is 2.40. The molecule has 3 atom stereocenters. The van der Waals surface area contributed by atoms with Crippen molar-refractivity contribution < 1.29 is 17.6 Å². The third-order valence-electron chi connectivity index (χ3n) is 3.26. The molecule has 0 unspecified atom stereocenters. The number of carbonyl (C=O) groups excluding carboxylic acids is 1. The molecule has 0 heterocycles. The number of rotatable bonds is 3. The molecule has 1 aromatic rings. The van der Waals surface area contributed by atoms with Crippen LogP contribution >= 0.6 is 0 Å². The van der Waals surface area contributed by atoms with Crippen LogP contribution in [0, 0.1) is 22.6 Å². The van der Waals surface area contributed by atoms with Crippen molar-refractivity contribution in [3.05, 3.63) is 35.6 Å². The molecule has 0 saturated heterocycles. The maximum atomic E-state index is 12.8. The number of halogens is 1. The predicted molar refractivity (Wildman–Crippen MR) is 61.9 cm³/mol. The molecule has 0 aliphatic heterocycles. The van der Waals surface area contributed by atoms with Crippen molar-refractivity contribution in [1.82, 2.24) is 0 Å². The van der Waals surface area contributed by atoms with Crippen molar-refractivity contribution >= 4 is 16.1 Å². The Kier molecular flexibility index (Phi) is 2.74. The van der Waals surface area contributed by atoms with Gasteiger partial charge in [0.05, 0.1) is 11.3 Å². The Morgan fingerprint density at radius 2 is 1.94 bits per heavy atom. The van der Waals surface area contributed by atoms with Crippen molar-refractivity contribution in [2.24, 2.45) is 5.41 Å². The van der Waals surface area contributed by atoms with Crippen LogP contribution in [0.25, 0.3) is 0 Å². The lowest BCUT2D eigenvalue weighted by Crippen LogP contribution is -2.14. The third kappa shape index (κ3) is 1.71. The van der Waals surface area contributed by atoms with E-state index in [1.807, 2.05) is 0 Å². The summed E-state index contributed by atoms with van der Waals surface area (Å²) in [5, 5.41) is 8.01.